The van der Waals surface area contributed by atoms with Crippen LogP contribution in [0, 0.1) is 0 Å². The standard InChI is InChI=1S/C15H13F3N4S/c1-9(14-20-10-4-2-3-5-11(10)23-14)8-19-13-7-6-12(21-22-13)15(16,17)18/h2-7,9H,8H2,1H3,(H,19,22). The van der Waals surface area contributed by atoms with E-state index in [-0.39, 0.29) is 5.92 Å². The molecule has 1 N–H and O–H groups in total. The van der Waals surface area contributed by atoms with Crippen LogP contribution < -0.4 is 5.32 Å². The normalized spacial score (nSPS) is 13.2. The van der Waals surface area contributed by atoms with Gasteiger partial charge in [0.25, 0.3) is 0 Å². The third-order valence-corrected chi connectivity index (χ3v) is 4.54. The van der Waals surface area contributed by atoms with Gasteiger partial charge in [0.05, 0.1) is 15.2 Å². The van der Waals surface area contributed by atoms with Crippen LogP contribution in [-0.2, 0) is 6.18 Å². The van der Waals surface area contributed by atoms with Gasteiger partial charge in [-0.05, 0) is 24.3 Å². The van der Waals surface area contributed by atoms with Gasteiger partial charge in [-0.2, -0.15) is 13.2 Å². The Kier molecular flexibility index (Phi) is 4.16. The van der Waals surface area contributed by atoms with Crippen molar-refractivity contribution in [2.75, 3.05) is 11.9 Å². The molecule has 3 rings (SSSR count). The first-order valence-corrected chi connectivity index (χ1v) is 7.75. The molecule has 0 fully saturated rings. The SMILES string of the molecule is CC(CNc1ccc(C(F)(F)F)nn1)c1nc2ccccc2s1. The molecule has 0 amide bonds. The lowest BCUT2D eigenvalue weighted by Crippen LogP contribution is -2.13. The van der Waals surface area contributed by atoms with E-state index in [4.69, 9.17) is 0 Å². The van der Waals surface area contributed by atoms with Gasteiger partial charge in [0.15, 0.2) is 5.69 Å². The lowest BCUT2D eigenvalue weighted by molar-refractivity contribution is -0.141. The van der Waals surface area contributed by atoms with Gasteiger partial charge in [0, 0.05) is 12.5 Å². The first kappa shape index (κ1) is 15.7. The van der Waals surface area contributed by atoms with Crippen molar-refractivity contribution in [2.45, 2.75) is 19.0 Å². The van der Waals surface area contributed by atoms with E-state index in [2.05, 4.69) is 20.5 Å². The summed E-state index contributed by atoms with van der Waals surface area (Å²) in [7, 11) is 0. The van der Waals surface area contributed by atoms with Crippen LogP contribution in [0.1, 0.15) is 23.5 Å². The topological polar surface area (TPSA) is 50.7 Å². The Bertz CT molecular complexity index is 765. The largest absolute Gasteiger partial charge is 0.435 e. The molecule has 0 saturated carbocycles. The summed E-state index contributed by atoms with van der Waals surface area (Å²) >= 11 is 1.61. The van der Waals surface area contributed by atoms with Gasteiger partial charge in [-0.3, -0.25) is 0 Å². The third kappa shape index (κ3) is 3.58. The molecule has 8 heteroatoms. The van der Waals surface area contributed by atoms with Crippen molar-refractivity contribution < 1.29 is 13.2 Å². The Labute approximate surface area is 134 Å². The van der Waals surface area contributed by atoms with Gasteiger partial charge in [-0.15, -0.1) is 21.5 Å². The number of rotatable bonds is 4. The van der Waals surface area contributed by atoms with E-state index < -0.39 is 11.9 Å². The predicted octanol–water partition coefficient (Wildman–Crippen LogP) is 4.32. The summed E-state index contributed by atoms with van der Waals surface area (Å²) in [5, 5.41) is 10.7. The number of alkyl halides is 3. The van der Waals surface area contributed by atoms with Crippen LogP contribution in [0.25, 0.3) is 10.2 Å². The lowest BCUT2D eigenvalue weighted by atomic mass is 10.2. The minimum Gasteiger partial charge on any atom is -0.368 e. The molecule has 1 unspecified atom stereocenters. The molecule has 120 valence electrons. The number of aromatic nitrogens is 3. The van der Waals surface area contributed by atoms with E-state index in [0.717, 1.165) is 21.3 Å². The molecule has 1 atom stereocenters. The molecule has 0 saturated heterocycles. The van der Waals surface area contributed by atoms with Crippen molar-refractivity contribution in [3.05, 3.63) is 47.1 Å². The number of hydrogen-bond acceptors (Lipinski definition) is 5. The number of fused-ring (bicyclic) bond motifs is 1. The van der Waals surface area contributed by atoms with Crippen LogP contribution in [0.2, 0.25) is 0 Å². The van der Waals surface area contributed by atoms with Gasteiger partial charge in [-0.1, -0.05) is 19.1 Å². The lowest BCUT2D eigenvalue weighted by Gasteiger charge is -2.10. The second-order valence-electron chi connectivity index (χ2n) is 5.10. The van der Waals surface area contributed by atoms with Crippen molar-refractivity contribution in [1.82, 2.24) is 15.2 Å². The smallest absolute Gasteiger partial charge is 0.368 e. The number of nitrogens with zero attached hydrogens (tertiary/aromatic N) is 3. The first-order valence-electron chi connectivity index (χ1n) is 6.94. The monoisotopic (exact) mass is 338 g/mol. The molecule has 0 spiro atoms. The molecule has 0 aliphatic carbocycles. The van der Waals surface area contributed by atoms with Crippen LogP contribution in [0.3, 0.4) is 0 Å². The Morgan fingerprint density at radius 3 is 2.57 bits per heavy atom. The number of anilines is 1. The number of benzene rings is 1. The quantitative estimate of drug-likeness (QED) is 0.770. The number of nitrogens with one attached hydrogen (secondary N) is 1. The molecule has 1 aromatic carbocycles. The van der Waals surface area contributed by atoms with Crippen molar-refractivity contribution >= 4 is 27.4 Å². The minimum atomic E-state index is -4.47. The average molecular weight is 338 g/mol. The zero-order valence-electron chi connectivity index (χ0n) is 12.1. The van der Waals surface area contributed by atoms with E-state index in [1.54, 1.807) is 11.3 Å². The summed E-state index contributed by atoms with van der Waals surface area (Å²) in [6.45, 7) is 2.52. The second-order valence-corrected chi connectivity index (χ2v) is 6.17. The molecule has 2 aromatic heterocycles. The highest BCUT2D eigenvalue weighted by Gasteiger charge is 2.32. The Balaban J connectivity index is 1.65. The summed E-state index contributed by atoms with van der Waals surface area (Å²) < 4.78 is 38.4. The molecule has 0 aliphatic rings. The van der Waals surface area contributed by atoms with E-state index in [1.165, 1.54) is 6.07 Å². The molecule has 4 nitrogen and oxygen atoms in total. The zero-order valence-corrected chi connectivity index (χ0v) is 12.9. The fourth-order valence-corrected chi connectivity index (χ4v) is 3.04. The molecule has 0 bridgehead atoms. The van der Waals surface area contributed by atoms with Gasteiger partial charge < -0.3 is 5.32 Å². The summed E-state index contributed by atoms with van der Waals surface area (Å²) in [4.78, 5) is 4.57. The molecule has 23 heavy (non-hydrogen) atoms. The van der Waals surface area contributed by atoms with Crippen LogP contribution in [0.15, 0.2) is 36.4 Å². The molecule has 3 aromatic rings. The van der Waals surface area contributed by atoms with Crippen molar-refractivity contribution in [2.24, 2.45) is 0 Å². The Hall–Kier alpha value is -2.22. The maximum absolute atomic E-state index is 12.4. The maximum atomic E-state index is 12.4. The number of hydrogen-bond donors (Lipinski definition) is 1. The summed E-state index contributed by atoms with van der Waals surface area (Å²) in [5.74, 6) is 0.419. The second kappa shape index (κ2) is 6.11. The predicted molar refractivity (Wildman–Crippen MR) is 83.6 cm³/mol. The zero-order chi connectivity index (χ0) is 16.4. The Morgan fingerprint density at radius 2 is 1.91 bits per heavy atom. The highest BCUT2D eigenvalue weighted by atomic mass is 32.1. The fourth-order valence-electron chi connectivity index (χ4n) is 2.02. The molecule has 0 aliphatic heterocycles. The number of halogens is 3. The van der Waals surface area contributed by atoms with E-state index in [0.29, 0.717) is 12.4 Å². The third-order valence-electron chi connectivity index (χ3n) is 3.28. The van der Waals surface area contributed by atoms with Crippen LogP contribution in [0.5, 0.6) is 0 Å². The molecule has 0 radical (unpaired) electrons. The van der Waals surface area contributed by atoms with Gasteiger partial charge in [0.2, 0.25) is 0 Å². The Morgan fingerprint density at radius 1 is 1.13 bits per heavy atom. The summed E-state index contributed by atoms with van der Waals surface area (Å²) in [6, 6.07) is 10.1. The van der Waals surface area contributed by atoms with Crippen molar-refractivity contribution in [3.63, 3.8) is 0 Å². The van der Waals surface area contributed by atoms with Crippen LogP contribution in [0.4, 0.5) is 19.0 Å². The number of para-hydroxylation sites is 1. The maximum Gasteiger partial charge on any atom is 0.435 e. The first-order chi connectivity index (χ1) is 10.9. The fraction of sp³-hybridized carbons (Fsp3) is 0.267. The van der Waals surface area contributed by atoms with Gasteiger partial charge >= 0.3 is 6.18 Å². The van der Waals surface area contributed by atoms with Crippen LogP contribution >= 0.6 is 11.3 Å². The van der Waals surface area contributed by atoms with Gasteiger partial charge in [-0.25, -0.2) is 4.98 Å². The molecule has 2 heterocycles. The van der Waals surface area contributed by atoms with Gasteiger partial charge in [0.1, 0.15) is 5.82 Å². The van der Waals surface area contributed by atoms with Crippen molar-refractivity contribution in [3.8, 4) is 0 Å². The van der Waals surface area contributed by atoms with E-state index >= 15 is 0 Å². The highest BCUT2D eigenvalue weighted by molar-refractivity contribution is 7.18. The van der Waals surface area contributed by atoms with E-state index in [9.17, 15) is 13.2 Å². The molecular weight excluding hydrogens is 325 g/mol. The molecular formula is C15H13F3N4S. The minimum absolute atomic E-state index is 0.108. The van der Waals surface area contributed by atoms with E-state index in [1.807, 2.05) is 31.2 Å². The summed E-state index contributed by atoms with van der Waals surface area (Å²) in [5.41, 5.74) is -0.0454. The van der Waals surface area contributed by atoms with Crippen molar-refractivity contribution in [1.29, 1.82) is 0 Å². The average Bonchev–Trinajstić information content (AvgIpc) is 2.96. The number of thiazole rings is 1. The summed E-state index contributed by atoms with van der Waals surface area (Å²) in [6.07, 6.45) is -4.47. The highest BCUT2D eigenvalue weighted by Crippen LogP contribution is 2.28. The van der Waals surface area contributed by atoms with Crippen LogP contribution in [-0.4, -0.2) is 21.7 Å².